The number of hydrogen-bond donors (Lipinski definition) is 1. The number of aromatic nitrogens is 1. The van der Waals surface area contributed by atoms with Gasteiger partial charge in [-0.1, -0.05) is 12.1 Å². The number of methoxy groups -OCH3 is 1. The molecule has 1 aromatic heterocycles. The molecule has 1 unspecified atom stereocenters. The molecule has 0 aliphatic rings. The van der Waals surface area contributed by atoms with E-state index in [0.717, 1.165) is 5.56 Å². The molecule has 5 nitrogen and oxygen atoms in total. The summed E-state index contributed by atoms with van der Waals surface area (Å²) in [5, 5.41) is 2.81. The van der Waals surface area contributed by atoms with Crippen molar-refractivity contribution in [3.05, 3.63) is 54.4 Å². The molecule has 1 heterocycles. The molecule has 110 valence electrons. The molecule has 0 saturated heterocycles. The Morgan fingerprint density at radius 1 is 1.29 bits per heavy atom. The number of hydrogen-bond acceptors (Lipinski definition) is 4. The van der Waals surface area contributed by atoms with Crippen LogP contribution in [0, 0.1) is 0 Å². The van der Waals surface area contributed by atoms with Crippen LogP contribution in [0.25, 0.3) is 0 Å². The maximum absolute atomic E-state index is 12.0. The van der Waals surface area contributed by atoms with E-state index < -0.39 is 6.10 Å². The molecule has 0 spiro atoms. The van der Waals surface area contributed by atoms with E-state index in [1.165, 1.54) is 0 Å². The summed E-state index contributed by atoms with van der Waals surface area (Å²) in [7, 11) is 1.59. The van der Waals surface area contributed by atoms with Gasteiger partial charge in [-0.2, -0.15) is 0 Å². The van der Waals surface area contributed by atoms with E-state index in [1.807, 2.05) is 24.3 Å². The normalized spacial score (nSPS) is 11.5. The Hall–Kier alpha value is -2.56. The van der Waals surface area contributed by atoms with Gasteiger partial charge in [0.15, 0.2) is 6.10 Å². The Bertz CT molecular complexity index is 587. The smallest absolute Gasteiger partial charge is 0.261 e. The zero-order chi connectivity index (χ0) is 15.1. The zero-order valence-electron chi connectivity index (χ0n) is 12.1. The molecular formula is C16H18N2O3. The lowest BCUT2D eigenvalue weighted by Crippen LogP contribution is -2.35. The molecule has 0 fully saturated rings. The number of benzene rings is 1. The van der Waals surface area contributed by atoms with Crippen molar-refractivity contribution in [2.24, 2.45) is 0 Å². The summed E-state index contributed by atoms with van der Waals surface area (Å²) in [6, 6.07) is 10.9. The molecule has 0 saturated carbocycles. The van der Waals surface area contributed by atoms with Gasteiger partial charge in [-0.15, -0.1) is 0 Å². The van der Waals surface area contributed by atoms with Crippen LogP contribution in [-0.2, 0) is 11.3 Å². The molecular weight excluding hydrogens is 268 g/mol. The molecule has 0 radical (unpaired) electrons. The highest BCUT2D eigenvalue weighted by molar-refractivity contribution is 5.80. The third-order valence-corrected chi connectivity index (χ3v) is 2.91. The van der Waals surface area contributed by atoms with Crippen molar-refractivity contribution in [2.45, 2.75) is 19.6 Å². The monoisotopic (exact) mass is 286 g/mol. The zero-order valence-corrected chi connectivity index (χ0v) is 12.1. The number of ether oxygens (including phenoxy) is 2. The lowest BCUT2D eigenvalue weighted by Gasteiger charge is -2.15. The van der Waals surface area contributed by atoms with Gasteiger partial charge in [-0.05, 0) is 30.7 Å². The second-order valence-electron chi connectivity index (χ2n) is 4.52. The molecule has 1 N–H and O–H groups in total. The summed E-state index contributed by atoms with van der Waals surface area (Å²) in [4.78, 5) is 16.0. The molecule has 0 aliphatic heterocycles. The molecule has 5 heteroatoms. The third-order valence-electron chi connectivity index (χ3n) is 2.91. The van der Waals surface area contributed by atoms with Crippen LogP contribution in [0.2, 0.25) is 0 Å². The Kier molecular flexibility index (Phi) is 5.15. The first-order valence-electron chi connectivity index (χ1n) is 6.66. The summed E-state index contributed by atoms with van der Waals surface area (Å²) in [6.07, 6.45) is 2.82. The lowest BCUT2D eigenvalue weighted by molar-refractivity contribution is -0.127. The fraction of sp³-hybridized carbons (Fsp3) is 0.250. The van der Waals surface area contributed by atoms with Crippen LogP contribution < -0.4 is 14.8 Å². The van der Waals surface area contributed by atoms with E-state index in [0.29, 0.717) is 18.0 Å². The first-order valence-corrected chi connectivity index (χ1v) is 6.66. The van der Waals surface area contributed by atoms with E-state index in [9.17, 15) is 4.79 Å². The molecule has 0 aliphatic carbocycles. The van der Waals surface area contributed by atoms with Crippen LogP contribution >= 0.6 is 0 Å². The van der Waals surface area contributed by atoms with Gasteiger partial charge in [-0.3, -0.25) is 9.78 Å². The lowest BCUT2D eigenvalue weighted by atomic mass is 10.2. The topological polar surface area (TPSA) is 60.5 Å². The van der Waals surface area contributed by atoms with Gasteiger partial charge in [0.2, 0.25) is 0 Å². The van der Waals surface area contributed by atoms with E-state index in [1.54, 1.807) is 38.6 Å². The summed E-state index contributed by atoms with van der Waals surface area (Å²) in [5.74, 6) is 1.11. The van der Waals surface area contributed by atoms with E-state index in [2.05, 4.69) is 10.3 Å². The van der Waals surface area contributed by atoms with Gasteiger partial charge in [0, 0.05) is 25.0 Å². The first-order chi connectivity index (χ1) is 10.2. The van der Waals surface area contributed by atoms with Crippen molar-refractivity contribution in [3.8, 4) is 11.5 Å². The number of rotatable bonds is 6. The summed E-state index contributed by atoms with van der Waals surface area (Å²) in [6.45, 7) is 2.14. The maximum atomic E-state index is 12.0. The second kappa shape index (κ2) is 7.28. The summed E-state index contributed by atoms with van der Waals surface area (Å²) >= 11 is 0. The van der Waals surface area contributed by atoms with Crippen molar-refractivity contribution in [1.82, 2.24) is 10.3 Å². The highest BCUT2D eigenvalue weighted by atomic mass is 16.5. The molecule has 2 aromatic rings. The van der Waals surface area contributed by atoms with Crippen molar-refractivity contribution < 1.29 is 14.3 Å². The summed E-state index contributed by atoms with van der Waals surface area (Å²) < 4.78 is 10.7. The standard InChI is InChI=1S/C16H18N2O3/c1-12(21-15-7-3-6-14(9-15)20-2)16(19)18-11-13-5-4-8-17-10-13/h3-10,12H,11H2,1-2H3,(H,18,19). The Labute approximate surface area is 123 Å². The van der Waals surface area contributed by atoms with Crippen molar-refractivity contribution >= 4 is 5.91 Å². The van der Waals surface area contributed by atoms with E-state index in [4.69, 9.17) is 9.47 Å². The number of carbonyl (C=O) groups is 1. The highest BCUT2D eigenvalue weighted by Gasteiger charge is 2.14. The van der Waals surface area contributed by atoms with Gasteiger partial charge in [-0.25, -0.2) is 0 Å². The van der Waals surface area contributed by atoms with Gasteiger partial charge in [0.25, 0.3) is 5.91 Å². The molecule has 1 aromatic carbocycles. The van der Waals surface area contributed by atoms with E-state index >= 15 is 0 Å². The average Bonchev–Trinajstić information content (AvgIpc) is 2.53. The second-order valence-corrected chi connectivity index (χ2v) is 4.52. The molecule has 1 amide bonds. The van der Waals surface area contributed by atoms with Crippen LogP contribution in [0.3, 0.4) is 0 Å². The van der Waals surface area contributed by atoms with Crippen LogP contribution in [-0.4, -0.2) is 24.1 Å². The van der Waals surface area contributed by atoms with Gasteiger partial charge in [0.05, 0.1) is 7.11 Å². The maximum Gasteiger partial charge on any atom is 0.261 e. The van der Waals surface area contributed by atoms with Gasteiger partial charge < -0.3 is 14.8 Å². The summed E-state index contributed by atoms with van der Waals surface area (Å²) in [5.41, 5.74) is 0.944. The van der Waals surface area contributed by atoms with Crippen LogP contribution in [0.15, 0.2) is 48.8 Å². The van der Waals surface area contributed by atoms with Gasteiger partial charge in [0.1, 0.15) is 11.5 Å². The molecule has 1 atom stereocenters. The number of carbonyl (C=O) groups excluding carboxylic acids is 1. The number of nitrogens with one attached hydrogen (secondary N) is 1. The SMILES string of the molecule is COc1cccc(OC(C)C(=O)NCc2cccnc2)c1. The minimum atomic E-state index is -0.589. The Morgan fingerprint density at radius 2 is 2.10 bits per heavy atom. The van der Waals surface area contributed by atoms with Crippen LogP contribution in [0.5, 0.6) is 11.5 Å². The van der Waals surface area contributed by atoms with E-state index in [-0.39, 0.29) is 5.91 Å². The number of amides is 1. The highest BCUT2D eigenvalue weighted by Crippen LogP contribution is 2.19. The fourth-order valence-corrected chi connectivity index (χ4v) is 1.77. The number of nitrogens with zero attached hydrogens (tertiary/aromatic N) is 1. The molecule has 0 bridgehead atoms. The third kappa shape index (κ3) is 4.49. The van der Waals surface area contributed by atoms with Crippen molar-refractivity contribution in [2.75, 3.05) is 7.11 Å². The Morgan fingerprint density at radius 3 is 2.81 bits per heavy atom. The van der Waals surface area contributed by atoms with Gasteiger partial charge >= 0.3 is 0 Å². The first kappa shape index (κ1) is 14.8. The average molecular weight is 286 g/mol. The largest absolute Gasteiger partial charge is 0.497 e. The Balaban J connectivity index is 1.87. The van der Waals surface area contributed by atoms with Crippen LogP contribution in [0.4, 0.5) is 0 Å². The predicted octanol–water partition coefficient (Wildman–Crippen LogP) is 2.17. The van der Waals surface area contributed by atoms with Crippen molar-refractivity contribution in [1.29, 1.82) is 0 Å². The molecule has 2 rings (SSSR count). The minimum Gasteiger partial charge on any atom is -0.497 e. The fourth-order valence-electron chi connectivity index (χ4n) is 1.77. The molecule has 21 heavy (non-hydrogen) atoms. The minimum absolute atomic E-state index is 0.179. The van der Waals surface area contributed by atoms with Crippen molar-refractivity contribution in [3.63, 3.8) is 0 Å². The number of pyridine rings is 1. The quantitative estimate of drug-likeness (QED) is 0.884. The predicted molar refractivity (Wildman–Crippen MR) is 79.2 cm³/mol. The van der Waals surface area contributed by atoms with Crippen LogP contribution in [0.1, 0.15) is 12.5 Å².